The molecular formula is C21H20N4O3. The molecule has 2 heterocycles. The fourth-order valence-corrected chi connectivity index (χ4v) is 3.67. The average Bonchev–Trinajstić information content (AvgIpc) is 3.15. The number of imidazole rings is 1. The van der Waals surface area contributed by atoms with Crippen molar-refractivity contribution in [3.8, 4) is 0 Å². The van der Waals surface area contributed by atoms with Crippen LogP contribution in [0.2, 0.25) is 0 Å². The van der Waals surface area contributed by atoms with Gasteiger partial charge in [-0.25, -0.2) is 9.78 Å². The van der Waals surface area contributed by atoms with Crippen LogP contribution < -0.4 is 10.9 Å². The van der Waals surface area contributed by atoms with Crippen LogP contribution in [0.5, 0.6) is 0 Å². The number of para-hydroxylation sites is 1. The first-order valence-corrected chi connectivity index (χ1v) is 8.93. The van der Waals surface area contributed by atoms with Crippen LogP contribution >= 0.6 is 0 Å². The van der Waals surface area contributed by atoms with Crippen molar-refractivity contribution in [1.82, 2.24) is 14.0 Å². The van der Waals surface area contributed by atoms with Gasteiger partial charge < -0.3 is 10.4 Å². The summed E-state index contributed by atoms with van der Waals surface area (Å²) in [5.41, 5.74) is 3.25. The maximum atomic E-state index is 12.9. The van der Waals surface area contributed by atoms with E-state index in [0.29, 0.717) is 16.9 Å². The fraction of sp³-hybridized carbons (Fsp3) is 0.190. The maximum Gasteiger partial charge on any atom is 0.337 e. The number of carboxylic acids is 1. The molecule has 0 aliphatic heterocycles. The van der Waals surface area contributed by atoms with Crippen LogP contribution in [0.4, 0.5) is 5.69 Å². The molecule has 4 aromatic rings. The van der Waals surface area contributed by atoms with Crippen LogP contribution in [0.1, 0.15) is 34.5 Å². The molecule has 2 aromatic heterocycles. The molecule has 0 saturated carbocycles. The van der Waals surface area contributed by atoms with Gasteiger partial charge in [0.2, 0.25) is 5.78 Å². The molecule has 1 atom stereocenters. The number of benzene rings is 2. The van der Waals surface area contributed by atoms with E-state index < -0.39 is 5.97 Å². The minimum absolute atomic E-state index is 0.114. The first-order chi connectivity index (χ1) is 13.4. The zero-order chi connectivity index (χ0) is 20.0. The number of fused-ring (bicyclic) bond motifs is 3. The zero-order valence-electron chi connectivity index (χ0n) is 15.8. The lowest BCUT2D eigenvalue weighted by molar-refractivity contribution is 0.0698. The SMILES string of the molecule is Cc1cc(C(C)Nc2ccccc2C(=O)O)c2c(c1)c(=O)n(C)c1nccn21. The van der Waals surface area contributed by atoms with Gasteiger partial charge in [0.05, 0.1) is 22.5 Å². The molecule has 28 heavy (non-hydrogen) atoms. The number of rotatable bonds is 4. The molecule has 1 unspecified atom stereocenters. The highest BCUT2D eigenvalue weighted by atomic mass is 16.4. The van der Waals surface area contributed by atoms with E-state index in [0.717, 1.165) is 16.6 Å². The molecule has 142 valence electrons. The van der Waals surface area contributed by atoms with Crippen LogP contribution in [0.15, 0.2) is 53.6 Å². The molecule has 0 aliphatic rings. The van der Waals surface area contributed by atoms with Crippen molar-refractivity contribution in [2.75, 3.05) is 5.32 Å². The quantitative estimate of drug-likeness (QED) is 0.570. The lowest BCUT2D eigenvalue weighted by Crippen LogP contribution is -2.22. The summed E-state index contributed by atoms with van der Waals surface area (Å²) < 4.78 is 3.43. The second-order valence-electron chi connectivity index (χ2n) is 6.93. The predicted molar refractivity (Wildman–Crippen MR) is 108 cm³/mol. The third-order valence-corrected chi connectivity index (χ3v) is 4.98. The monoisotopic (exact) mass is 376 g/mol. The van der Waals surface area contributed by atoms with Gasteiger partial charge in [-0.1, -0.05) is 18.2 Å². The third-order valence-electron chi connectivity index (χ3n) is 4.98. The molecule has 0 fully saturated rings. The zero-order valence-corrected chi connectivity index (χ0v) is 15.8. The van der Waals surface area contributed by atoms with Crippen molar-refractivity contribution in [3.05, 3.63) is 75.8 Å². The predicted octanol–water partition coefficient (Wildman–Crippen LogP) is 3.37. The lowest BCUT2D eigenvalue weighted by atomic mass is 10.0. The first-order valence-electron chi connectivity index (χ1n) is 8.93. The smallest absolute Gasteiger partial charge is 0.337 e. The Kier molecular flexibility index (Phi) is 4.15. The average molecular weight is 376 g/mol. The Hall–Kier alpha value is -3.61. The molecule has 0 spiro atoms. The van der Waals surface area contributed by atoms with Gasteiger partial charge in [0.25, 0.3) is 5.56 Å². The van der Waals surface area contributed by atoms with Crippen LogP contribution in [0.3, 0.4) is 0 Å². The molecule has 2 N–H and O–H groups in total. The van der Waals surface area contributed by atoms with Crippen molar-refractivity contribution in [1.29, 1.82) is 0 Å². The molecule has 4 rings (SSSR count). The van der Waals surface area contributed by atoms with E-state index in [4.69, 9.17) is 0 Å². The molecule has 7 heteroatoms. The summed E-state index contributed by atoms with van der Waals surface area (Å²) in [7, 11) is 1.71. The highest BCUT2D eigenvalue weighted by Gasteiger charge is 2.19. The number of nitrogens with zero attached hydrogens (tertiary/aromatic N) is 3. The second kappa shape index (κ2) is 6.53. The van der Waals surface area contributed by atoms with E-state index in [2.05, 4.69) is 10.3 Å². The Morgan fingerprint density at radius 3 is 2.75 bits per heavy atom. The molecule has 0 saturated heterocycles. The summed E-state index contributed by atoms with van der Waals surface area (Å²) in [5, 5.41) is 13.3. The Morgan fingerprint density at radius 2 is 2.00 bits per heavy atom. The largest absolute Gasteiger partial charge is 0.478 e. The Bertz CT molecular complexity index is 1290. The van der Waals surface area contributed by atoms with E-state index >= 15 is 0 Å². The number of hydrogen-bond acceptors (Lipinski definition) is 4. The lowest BCUT2D eigenvalue weighted by Gasteiger charge is -2.20. The summed E-state index contributed by atoms with van der Waals surface area (Å²) >= 11 is 0. The number of aromatic nitrogens is 3. The highest BCUT2D eigenvalue weighted by Crippen LogP contribution is 2.29. The summed E-state index contributed by atoms with van der Waals surface area (Å²) in [5.74, 6) is -0.434. The molecule has 2 aromatic carbocycles. The Labute approximate surface area is 160 Å². The number of carboxylic acid groups (broad SMARTS) is 1. The number of aromatic carboxylic acids is 1. The first kappa shape index (κ1) is 17.8. The van der Waals surface area contributed by atoms with Crippen molar-refractivity contribution in [2.24, 2.45) is 7.05 Å². The molecular weight excluding hydrogens is 356 g/mol. The second-order valence-corrected chi connectivity index (χ2v) is 6.93. The number of nitrogens with one attached hydrogen (secondary N) is 1. The van der Waals surface area contributed by atoms with Gasteiger partial charge in [0, 0.05) is 25.1 Å². The van der Waals surface area contributed by atoms with Gasteiger partial charge in [-0.15, -0.1) is 0 Å². The van der Waals surface area contributed by atoms with Gasteiger partial charge >= 0.3 is 5.97 Å². The van der Waals surface area contributed by atoms with E-state index in [1.54, 1.807) is 37.5 Å². The molecule has 0 aliphatic carbocycles. The summed E-state index contributed by atoms with van der Waals surface area (Å²) in [6, 6.07) is 10.4. The summed E-state index contributed by atoms with van der Waals surface area (Å²) in [6.07, 6.45) is 3.49. The highest BCUT2D eigenvalue weighted by molar-refractivity contribution is 5.94. The van der Waals surface area contributed by atoms with Gasteiger partial charge in [-0.3, -0.25) is 13.8 Å². The van der Waals surface area contributed by atoms with Crippen LogP contribution in [0.25, 0.3) is 16.7 Å². The van der Waals surface area contributed by atoms with Crippen molar-refractivity contribution in [2.45, 2.75) is 19.9 Å². The van der Waals surface area contributed by atoms with Crippen molar-refractivity contribution < 1.29 is 9.90 Å². The number of anilines is 1. The van der Waals surface area contributed by atoms with Crippen molar-refractivity contribution >= 4 is 28.3 Å². The number of carbonyl (C=O) groups is 1. The molecule has 7 nitrogen and oxygen atoms in total. The number of hydrogen-bond donors (Lipinski definition) is 2. The van der Waals surface area contributed by atoms with E-state index in [1.165, 1.54) is 4.57 Å². The van der Waals surface area contributed by atoms with Gasteiger partial charge in [-0.05, 0) is 43.2 Å². The minimum atomic E-state index is -0.990. The topological polar surface area (TPSA) is 88.6 Å². The normalized spacial score (nSPS) is 12.4. The Morgan fingerprint density at radius 1 is 1.25 bits per heavy atom. The third kappa shape index (κ3) is 2.72. The molecule has 0 amide bonds. The van der Waals surface area contributed by atoms with Crippen LogP contribution in [-0.2, 0) is 7.05 Å². The number of aryl methyl sites for hydroxylation is 2. The van der Waals surface area contributed by atoms with E-state index in [9.17, 15) is 14.7 Å². The van der Waals surface area contributed by atoms with Crippen LogP contribution in [-0.4, -0.2) is 25.0 Å². The van der Waals surface area contributed by atoms with E-state index in [-0.39, 0.29) is 17.2 Å². The van der Waals surface area contributed by atoms with Gasteiger partial charge in [0.15, 0.2) is 0 Å². The van der Waals surface area contributed by atoms with Gasteiger partial charge in [0.1, 0.15) is 0 Å². The Balaban J connectivity index is 1.94. The molecule has 0 radical (unpaired) electrons. The van der Waals surface area contributed by atoms with E-state index in [1.807, 2.05) is 36.6 Å². The standard InChI is InChI=1S/C21H20N4O3/c1-12-10-15(13(2)23-17-7-5-4-6-14(17)20(27)28)18-16(11-12)19(26)24(3)21-22-8-9-25(18)21/h4-11,13,23H,1-3H3,(H,27,28). The molecule has 0 bridgehead atoms. The van der Waals surface area contributed by atoms with Crippen molar-refractivity contribution in [3.63, 3.8) is 0 Å². The van der Waals surface area contributed by atoms with Gasteiger partial charge in [-0.2, -0.15) is 0 Å². The fourth-order valence-electron chi connectivity index (χ4n) is 3.67. The minimum Gasteiger partial charge on any atom is -0.478 e. The summed E-state index contributed by atoms with van der Waals surface area (Å²) in [4.78, 5) is 28.7. The maximum absolute atomic E-state index is 12.9. The van der Waals surface area contributed by atoms with Crippen LogP contribution in [0, 0.1) is 6.92 Å². The summed E-state index contributed by atoms with van der Waals surface area (Å²) in [6.45, 7) is 3.89.